The zero-order valence-electron chi connectivity index (χ0n) is 12.2. The van der Waals surface area contributed by atoms with Crippen LogP contribution in [0.5, 0.6) is 0 Å². The van der Waals surface area contributed by atoms with Crippen LogP contribution in [0.2, 0.25) is 0 Å². The molecule has 0 aromatic carbocycles. The van der Waals surface area contributed by atoms with E-state index < -0.39 is 11.4 Å². The molecular formula is C14H25NO3S. The van der Waals surface area contributed by atoms with Gasteiger partial charge >= 0.3 is 5.97 Å². The van der Waals surface area contributed by atoms with E-state index in [0.717, 1.165) is 19.3 Å². The molecule has 0 heterocycles. The van der Waals surface area contributed by atoms with E-state index in [1.54, 1.807) is 18.7 Å². The van der Waals surface area contributed by atoms with Gasteiger partial charge in [0.05, 0.1) is 5.41 Å². The average Bonchev–Trinajstić information content (AvgIpc) is 2.75. The summed E-state index contributed by atoms with van der Waals surface area (Å²) >= 11 is 1.78. The minimum absolute atomic E-state index is 0.0532. The van der Waals surface area contributed by atoms with Crippen molar-refractivity contribution in [2.45, 2.75) is 57.7 Å². The number of carbonyl (C=O) groups excluding carboxylic acids is 1. The largest absolute Gasteiger partial charge is 0.481 e. The molecule has 19 heavy (non-hydrogen) atoms. The highest BCUT2D eigenvalue weighted by Crippen LogP contribution is 2.32. The average molecular weight is 287 g/mol. The van der Waals surface area contributed by atoms with Crippen molar-refractivity contribution in [1.82, 2.24) is 5.32 Å². The van der Waals surface area contributed by atoms with Crippen LogP contribution in [0.3, 0.4) is 0 Å². The first-order valence-corrected chi connectivity index (χ1v) is 8.15. The van der Waals surface area contributed by atoms with Gasteiger partial charge in [0.1, 0.15) is 0 Å². The zero-order chi connectivity index (χ0) is 14.6. The Morgan fingerprint density at radius 1 is 1.42 bits per heavy atom. The van der Waals surface area contributed by atoms with Crippen molar-refractivity contribution in [3.63, 3.8) is 0 Å². The SMILES string of the molecule is CSC1CCCC1NC(=O)CC(C)(C(=O)O)C(C)C. The van der Waals surface area contributed by atoms with E-state index in [1.807, 2.05) is 13.8 Å². The first-order chi connectivity index (χ1) is 8.81. The molecule has 0 radical (unpaired) electrons. The third kappa shape index (κ3) is 3.88. The Bertz CT molecular complexity index is 346. The highest BCUT2D eigenvalue weighted by atomic mass is 32.2. The molecule has 0 spiro atoms. The Morgan fingerprint density at radius 2 is 2.05 bits per heavy atom. The number of carboxylic acid groups (broad SMARTS) is 1. The summed E-state index contributed by atoms with van der Waals surface area (Å²) in [5.41, 5.74) is -0.989. The maximum Gasteiger partial charge on any atom is 0.310 e. The maximum absolute atomic E-state index is 12.1. The van der Waals surface area contributed by atoms with Crippen molar-refractivity contribution >= 4 is 23.6 Å². The second kappa shape index (κ2) is 6.64. The van der Waals surface area contributed by atoms with E-state index in [1.165, 1.54) is 0 Å². The quantitative estimate of drug-likeness (QED) is 0.788. The van der Waals surface area contributed by atoms with Crippen molar-refractivity contribution in [1.29, 1.82) is 0 Å². The molecule has 1 aliphatic rings. The predicted molar refractivity (Wildman–Crippen MR) is 78.3 cm³/mol. The first-order valence-electron chi connectivity index (χ1n) is 6.86. The third-order valence-corrected chi connectivity index (χ3v) is 5.56. The number of aliphatic carboxylic acids is 1. The highest BCUT2D eigenvalue weighted by molar-refractivity contribution is 7.99. The summed E-state index contributed by atoms with van der Waals surface area (Å²) < 4.78 is 0. The van der Waals surface area contributed by atoms with Gasteiger partial charge < -0.3 is 10.4 Å². The third-order valence-electron chi connectivity index (χ3n) is 4.39. The Kier molecular flexibility index (Phi) is 5.71. The molecule has 0 saturated heterocycles. The molecule has 1 rings (SSSR count). The highest BCUT2D eigenvalue weighted by Gasteiger charge is 2.39. The van der Waals surface area contributed by atoms with E-state index in [9.17, 15) is 14.7 Å². The Labute approximate surface area is 119 Å². The second-order valence-corrected chi connectivity index (χ2v) is 7.01. The lowest BCUT2D eigenvalue weighted by Crippen LogP contribution is -2.44. The number of amides is 1. The van der Waals surface area contributed by atoms with E-state index in [2.05, 4.69) is 11.6 Å². The fraction of sp³-hybridized carbons (Fsp3) is 0.857. The van der Waals surface area contributed by atoms with Gasteiger partial charge in [-0.25, -0.2) is 0 Å². The molecule has 1 fully saturated rings. The van der Waals surface area contributed by atoms with Crippen LogP contribution in [0.25, 0.3) is 0 Å². The molecule has 1 saturated carbocycles. The van der Waals surface area contributed by atoms with Crippen molar-refractivity contribution < 1.29 is 14.7 Å². The van der Waals surface area contributed by atoms with Gasteiger partial charge in [-0.3, -0.25) is 9.59 Å². The molecule has 1 aliphatic carbocycles. The van der Waals surface area contributed by atoms with Gasteiger partial charge in [0.15, 0.2) is 0 Å². The summed E-state index contributed by atoms with van der Waals surface area (Å²) in [6.45, 7) is 5.35. The molecule has 0 aromatic rings. The van der Waals surface area contributed by atoms with E-state index >= 15 is 0 Å². The Hall–Kier alpha value is -0.710. The molecule has 4 nitrogen and oxygen atoms in total. The number of hydrogen-bond donors (Lipinski definition) is 2. The molecule has 5 heteroatoms. The molecule has 0 bridgehead atoms. The van der Waals surface area contributed by atoms with Crippen molar-refractivity contribution in [2.75, 3.05) is 6.26 Å². The lowest BCUT2D eigenvalue weighted by Gasteiger charge is -2.29. The topological polar surface area (TPSA) is 66.4 Å². The van der Waals surface area contributed by atoms with Crippen LogP contribution in [0.1, 0.15) is 46.5 Å². The molecule has 0 aromatic heterocycles. The summed E-state index contributed by atoms with van der Waals surface area (Å²) in [7, 11) is 0. The second-order valence-electron chi connectivity index (χ2n) is 5.93. The van der Waals surface area contributed by atoms with Gasteiger partial charge in [0, 0.05) is 17.7 Å². The zero-order valence-corrected chi connectivity index (χ0v) is 13.0. The number of rotatable bonds is 6. The normalized spacial score (nSPS) is 26.2. The number of carbonyl (C=O) groups is 2. The summed E-state index contributed by atoms with van der Waals surface area (Å²) in [4.78, 5) is 23.5. The molecule has 1 amide bonds. The first kappa shape index (κ1) is 16.3. The standard InChI is InChI=1S/C14H25NO3S/c1-9(2)14(3,13(17)18)8-12(16)15-10-6-5-7-11(10)19-4/h9-11H,5-8H2,1-4H3,(H,15,16)(H,17,18). The van der Waals surface area contributed by atoms with Crippen molar-refractivity contribution in [3.05, 3.63) is 0 Å². The Balaban J connectivity index is 2.61. The van der Waals surface area contributed by atoms with Crippen LogP contribution >= 0.6 is 11.8 Å². The van der Waals surface area contributed by atoms with Gasteiger partial charge in [-0.05, 0) is 31.9 Å². The molecule has 2 N–H and O–H groups in total. The number of carboxylic acids is 1. The van der Waals surface area contributed by atoms with Crippen LogP contribution in [0.15, 0.2) is 0 Å². The summed E-state index contributed by atoms with van der Waals surface area (Å²) in [5.74, 6) is -1.11. The van der Waals surface area contributed by atoms with Gasteiger partial charge in [0.25, 0.3) is 0 Å². The summed E-state index contributed by atoms with van der Waals surface area (Å²) in [6, 6.07) is 0.202. The van der Waals surface area contributed by atoms with E-state index in [-0.39, 0.29) is 24.3 Å². The van der Waals surface area contributed by atoms with Crippen molar-refractivity contribution in [2.24, 2.45) is 11.3 Å². The van der Waals surface area contributed by atoms with Gasteiger partial charge in [-0.15, -0.1) is 0 Å². The van der Waals surface area contributed by atoms with Gasteiger partial charge in [-0.1, -0.05) is 20.3 Å². The molecule has 0 aliphatic heterocycles. The van der Waals surface area contributed by atoms with Crippen LogP contribution in [0, 0.1) is 11.3 Å². The lowest BCUT2D eigenvalue weighted by atomic mass is 9.76. The predicted octanol–water partition coefficient (Wildman–Crippen LogP) is 2.52. The van der Waals surface area contributed by atoms with Gasteiger partial charge in [-0.2, -0.15) is 11.8 Å². The number of nitrogens with one attached hydrogen (secondary N) is 1. The van der Waals surface area contributed by atoms with Crippen molar-refractivity contribution in [3.8, 4) is 0 Å². The monoisotopic (exact) mass is 287 g/mol. The minimum atomic E-state index is -0.989. The van der Waals surface area contributed by atoms with E-state index in [4.69, 9.17) is 0 Å². The summed E-state index contributed by atoms with van der Waals surface area (Å²) in [6.07, 6.45) is 5.38. The number of hydrogen-bond acceptors (Lipinski definition) is 3. The Morgan fingerprint density at radius 3 is 2.53 bits per heavy atom. The summed E-state index contributed by atoms with van der Waals surface area (Å²) in [5, 5.41) is 12.8. The van der Waals surface area contributed by atoms with Crippen LogP contribution in [-0.2, 0) is 9.59 Å². The fourth-order valence-corrected chi connectivity index (χ4v) is 3.43. The molecular weight excluding hydrogens is 262 g/mol. The minimum Gasteiger partial charge on any atom is -0.481 e. The van der Waals surface area contributed by atoms with Crippen LogP contribution < -0.4 is 5.32 Å². The maximum atomic E-state index is 12.1. The smallest absolute Gasteiger partial charge is 0.310 e. The molecule has 110 valence electrons. The van der Waals surface area contributed by atoms with Gasteiger partial charge in [0.2, 0.25) is 5.91 Å². The van der Waals surface area contributed by atoms with E-state index in [0.29, 0.717) is 5.25 Å². The lowest BCUT2D eigenvalue weighted by molar-refractivity contribution is -0.153. The number of thioether (sulfide) groups is 1. The molecule has 3 unspecified atom stereocenters. The fourth-order valence-electron chi connectivity index (χ4n) is 2.49. The van der Waals surface area contributed by atoms with Crippen LogP contribution in [-0.4, -0.2) is 34.5 Å². The van der Waals surface area contributed by atoms with Crippen LogP contribution in [0.4, 0.5) is 0 Å². The molecule has 3 atom stereocenters.